The van der Waals surface area contributed by atoms with Crippen molar-refractivity contribution in [2.24, 2.45) is 30.0 Å². The number of fused-ring (bicyclic) bond motifs is 14. The van der Waals surface area contributed by atoms with E-state index >= 15 is 0 Å². The minimum Gasteiger partial charge on any atom is -0.355 e. The van der Waals surface area contributed by atoms with Gasteiger partial charge in [-0.05, 0) is 0 Å². The zero-order valence-corrected chi connectivity index (χ0v) is 40.6. The van der Waals surface area contributed by atoms with Crippen molar-refractivity contribution in [2.45, 2.75) is 0 Å². The van der Waals surface area contributed by atoms with Crippen LogP contribution in [0.4, 0.5) is 11.6 Å². The number of nitrogens with zero attached hydrogens (tertiary/aromatic N) is 12. The molecule has 0 saturated carbocycles. The van der Waals surface area contributed by atoms with Crippen LogP contribution in [0.1, 0.15) is 22.3 Å². The third kappa shape index (κ3) is 7.94. The Hall–Kier alpha value is -5.78. The Bertz CT molecular complexity index is 2960. The SMILES string of the molecule is C[N+](C)(C)CC[N+](C)(C)CCO[Si]1(OCC[N+](C)(C)CC[N+](C)(C)C)n2c3c4ccccc4c2N=C2N=C(N=c4c5ccccc5c(n41)=NC1=NC(=N3)c3ccccc31)c1ccccc12. The van der Waals surface area contributed by atoms with Gasteiger partial charge in [0, 0.05) is 43.8 Å². The molecular weight excluding hydrogens is 829 g/mol. The van der Waals surface area contributed by atoms with Crippen LogP contribution in [0, 0.1) is 0 Å². The Morgan fingerprint density at radius 3 is 1.09 bits per heavy atom. The average molecular weight is 891 g/mol. The van der Waals surface area contributed by atoms with Crippen LogP contribution in [0.15, 0.2) is 127 Å². The van der Waals surface area contributed by atoms with Crippen LogP contribution in [0.3, 0.4) is 0 Å². The van der Waals surface area contributed by atoms with Gasteiger partial charge in [0.05, 0.1) is 83.7 Å². The predicted molar refractivity (Wildman–Crippen MR) is 262 cm³/mol. The highest BCUT2D eigenvalue weighted by Gasteiger charge is 2.53. The molecule has 0 unspecified atom stereocenters. The van der Waals surface area contributed by atoms with Crippen LogP contribution in [0.2, 0.25) is 0 Å². The summed E-state index contributed by atoms with van der Waals surface area (Å²) in [5, 5.41) is 3.64. The number of hydrogen-bond donors (Lipinski definition) is 0. The Labute approximate surface area is 382 Å². The first-order valence-electron chi connectivity index (χ1n) is 22.7. The lowest BCUT2D eigenvalue weighted by Crippen LogP contribution is -2.65. The second-order valence-corrected chi connectivity index (χ2v) is 23.7. The molecule has 0 atom stereocenters. The summed E-state index contributed by atoms with van der Waals surface area (Å²) >= 11 is 0. The molecule has 65 heavy (non-hydrogen) atoms. The van der Waals surface area contributed by atoms with Gasteiger partial charge in [-0.3, -0.25) is 8.47 Å². The van der Waals surface area contributed by atoms with Crippen LogP contribution in [-0.4, -0.2) is 182 Å². The van der Waals surface area contributed by atoms with Gasteiger partial charge in [-0.15, -0.1) is 0 Å². The van der Waals surface area contributed by atoms with Crippen molar-refractivity contribution in [1.82, 2.24) is 8.47 Å². The number of benzene rings is 4. The maximum Gasteiger partial charge on any atom is 0.603 e. The highest BCUT2D eigenvalue weighted by atomic mass is 28.4. The van der Waals surface area contributed by atoms with Gasteiger partial charge in [0.25, 0.3) is 0 Å². The zero-order valence-electron chi connectivity index (χ0n) is 39.6. The minimum atomic E-state index is -4.24. The summed E-state index contributed by atoms with van der Waals surface area (Å²) in [7, 11) is 18.4. The van der Waals surface area contributed by atoms with Gasteiger partial charge in [-0.1, -0.05) is 97.1 Å². The van der Waals surface area contributed by atoms with Gasteiger partial charge in [-0.2, -0.15) is 0 Å². The minimum absolute atomic E-state index is 0.381. The number of quaternary nitrogens is 4. The van der Waals surface area contributed by atoms with Gasteiger partial charge in [0.1, 0.15) is 61.9 Å². The first-order chi connectivity index (χ1) is 30.9. The van der Waals surface area contributed by atoms with Crippen LogP contribution in [0.25, 0.3) is 21.5 Å². The average Bonchev–Trinajstić information content (AvgIpc) is 3.98. The molecule has 4 aliphatic heterocycles. The maximum atomic E-state index is 7.87. The van der Waals surface area contributed by atoms with Crippen LogP contribution in [0.5, 0.6) is 0 Å². The van der Waals surface area contributed by atoms with Gasteiger partial charge in [-0.25, -0.2) is 30.0 Å². The number of aliphatic imine (C=N–C) groups is 4. The third-order valence-corrected chi connectivity index (χ3v) is 16.2. The van der Waals surface area contributed by atoms with Crippen molar-refractivity contribution in [3.63, 3.8) is 0 Å². The highest BCUT2D eigenvalue weighted by molar-refractivity contribution is 6.66. The molecule has 0 amide bonds. The standard InChI is InChI=1S/C50H62N12O2Si/c1-59(2,3)27-29-61(7,8)31-33-63-65(64-34-32-62(9,10)30-28-60(4,5)6)57-47-39-23-15-16-24-40(39)49(57)55-45-37-21-13-14-22-38(37)46(52-45)56-50-42-26-18-17-25-41(42)48(58(50)65)54-44-36-20-12-11-19-35(36)43(51-44)53-47/h11-26H,27-34H2,1-10H3/q+4. The second kappa shape index (κ2) is 15.7. The van der Waals surface area contributed by atoms with Gasteiger partial charge in [0.2, 0.25) is 0 Å². The van der Waals surface area contributed by atoms with Crippen LogP contribution in [-0.2, 0) is 8.85 Å². The van der Waals surface area contributed by atoms with Gasteiger partial charge in [0.15, 0.2) is 23.3 Å². The fraction of sp³-hybridized carbons (Fsp3) is 0.360. The summed E-state index contributed by atoms with van der Waals surface area (Å²) in [6.45, 7) is 6.19. The molecule has 0 spiro atoms. The topological polar surface area (TPSA) is 102 Å². The van der Waals surface area contributed by atoms with E-state index in [4.69, 9.17) is 38.8 Å². The third-order valence-electron chi connectivity index (χ3n) is 13.0. The van der Waals surface area contributed by atoms with Crippen molar-refractivity contribution < 1.29 is 26.8 Å². The van der Waals surface area contributed by atoms with E-state index in [9.17, 15) is 0 Å². The number of aromatic nitrogens is 2. The lowest BCUT2D eigenvalue weighted by Gasteiger charge is -2.37. The van der Waals surface area contributed by atoms with E-state index in [0.717, 1.165) is 101 Å². The molecule has 334 valence electrons. The summed E-state index contributed by atoms with van der Waals surface area (Å²) in [6, 6.07) is 33.2. The molecular formula is C50H62N12O2Si+4. The lowest BCUT2D eigenvalue weighted by molar-refractivity contribution is -0.937. The molecule has 0 radical (unpaired) electrons. The molecule has 4 aromatic carbocycles. The number of amidine groups is 4. The van der Waals surface area contributed by atoms with Gasteiger partial charge >= 0.3 is 8.88 Å². The number of rotatable bonds is 14. The van der Waals surface area contributed by atoms with E-state index in [2.05, 4.69) is 152 Å². The molecule has 0 N–H and O–H groups in total. The summed E-state index contributed by atoms with van der Waals surface area (Å²) < 4.78 is 23.4. The molecule has 2 aromatic heterocycles. The summed E-state index contributed by atoms with van der Waals surface area (Å²) in [5.74, 6) is 3.63. The summed E-state index contributed by atoms with van der Waals surface area (Å²) in [6.07, 6.45) is 0. The van der Waals surface area contributed by atoms with Crippen molar-refractivity contribution in [2.75, 3.05) is 123 Å². The largest absolute Gasteiger partial charge is 0.603 e. The van der Waals surface area contributed by atoms with Crippen molar-refractivity contribution in [3.8, 4) is 0 Å². The van der Waals surface area contributed by atoms with Crippen molar-refractivity contribution in [3.05, 3.63) is 130 Å². The Balaban J connectivity index is 1.33. The first kappa shape index (κ1) is 43.1. The van der Waals surface area contributed by atoms with E-state index in [1.54, 1.807) is 0 Å². The monoisotopic (exact) mass is 890 g/mol. The molecule has 0 saturated heterocycles. The predicted octanol–water partition coefficient (Wildman–Crippen LogP) is 4.97. The van der Waals surface area contributed by atoms with Crippen LogP contribution >= 0.6 is 0 Å². The van der Waals surface area contributed by atoms with Crippen molar-refractivity contribution in [1.29, 1.82) is 0 Å². The zero-order chi connectivity index (χ0) is 45.5. The normalized spacial score (nSPS) is 16.3. The molecule has 0 fully saturated rings. The Morgan fingerprint density at radius 2 is 0.723 bits per heavy atom. The molecule has 10 rings (SSSR count). The fourth-order valence-corrected chi connectivity index (χ4v) is 12.2. The molecule has 6 aromatic rings. The Morgan fingerprint density at radius 1 is 0.385 bits per heavy atom. The lowest BCUT2D eigenvalue weighted by atomic mass is 10.1. The molecule has 6 bridgehead atoms. The quantitative estimate of drug-likeness (QED) is 0.114. The Kier molecular flexibility index (Phi) is 10.4. The smallest absolute Gasteiger partial charge is 0.355 e. The van der Waals surface area contributed by atoms with E-state index in [0.29, 0.717) is 59.2 Å². The van der Waals surface area contributed by atoms with E-state index < -0.39 is 8.88 Å². The molecule has 15 heteroatoms. The number of likely N-dealkylation sites (N-methyl/N-ethyl adjacent to an activating group) is 4. The van der Waals surface area contributed by atoms with E-state index in [1.165, 1.54) is 0 Å². The maximum absolute atomic E-state index is 7.87. The highest BCUT2D eigenvalue weighted by Crippen LogP contribution is 2.43. The molecule has 0 aliphatic carbocycles. The second-order valence-electron chi connectivity index (χ2n) is 21.2. The summed E-state index contributed by atoms with van der Waals surface area (Å²) in [5.41, 5.74) is 4.96. The molecule has 4 aliphatic rings. The molecule has 6 heterocycles. The van der Waals surface area contributed by atoms with E-state index in [1.807, 2.05) is 24.3 Å². The van der Waals surface area contributed by atoms with E-state index in [-0.39, 0.29) is 0 Å². The summed E-state index contributed by atoms with van der Waals surface area (Å²) in [4.78, 5) is 32.9. The van der Waals surface area contributed by atoms with Gasteiger partial charge < -0.3 is 26.8 Å². The first-order valence-corrected chi connectivity index (χ1v) is 24.4. The fourth-order valence-electron chi connectivity index (χ4n) is 8.95. The molecule has 14 nitrogen and oxygen atoms in total. The van der Waals surface area contributed by atoms with Crippen molar-refractivity contribution >= 4 is 65.4 Å². The van der Waals surface area contributed by atoms with Crippen LogP contribution < -0.4 is 11.0 Å². The number of hydrogen-bond acceptors (Lipinski definition) is 8.